The van der Waals surface area contributed by atoms with Crippen molar-refractivity contribution in [2.75, 3.05) is 26.9 Å². The number of methoxy groups -OCH3 is 1. The van der Waals surface area contributed by atoms with Crippen LogP contribution in [0.5, 0.6) is 0 Å². The highest BCUT2D eigenvalue weighted by Gasteiger charge is 2.01. The Bertz CT molecular complexity index is 349. The van der Waals surface area contributed by atoms with Crippen LogP contribution in [0.3, 0.4) is 0 Å². The van der Waals surface area contributed by atoms with Crippen molar-refractivity contribution in [3.63, 3.8) is 0 Å². The molecule has 0 fully saturated rings. The molecule has 0 atom stereocenters. The molecule has 0 radical (unpaired) electrons. The Labute approximate surface area is 170 Å². The number of ether oxygens (including phenoxy) is 2. The van der Waals surface area contributed by atoms with Crippen LogP contribution in [0.15, 0.2) is 0 Å². The van der Waals surface area contributed by atoms with Crippen molar-refractivity contribution < 1.29 is 34.1 Å². The fraction of sp³-hybridized carbons (Fsp3) is 0.857. The van der Waals surface area contributed by atoms with Gasteiger partial charge in [-0.2, -0.15) is 0 Å². The van der Waals surface area contributed by atoms with Gasteiger partial charge in [0.05, 0.1) is 13.7 Å². The Morgan fingerprint density at radius 2 is 1.25 bits per heavy atom. The van der Waals surface area contributed by atoms with Crippen molar-refractivity contribution >= 4 is 17.7 Å². The quantitative estimate of drug-likeness (QED) is 0.258. The van der Waals surface area contributed by atoms with Gasteiger partial charge in [0.15, 0.2) is 0 Å². The molecule has 0 unspecified atom stereocenters. The first kappa shape index (κ1) is 31.2. The normalized spacial score (nSPS) is 9.36. The summed E-state index contributed by atoms with van der Waals surface area (Å²) in [7, 11) is 1.26. The molecule has 0 aromatic carbocycles. The molecule has 7 nitrogen and oxygen atoms in total. The third-order valence-corrected chi connectivity index (χ3v) is 3.48. The maximum Gasteiger partial charge on any atom is 0.313 e. The molecule has 28 heavy (non-hydrogen) atoms. The van der Waals surface area contributed by atoms with E-state index in [0.717, 1.165) is 6.42 Å². The van der Waals surface area contributed by atoms with Crippen LogP contribution in [-0.2, 0) is 23.9 Å². The fourth-order valence-electron chi connectivity index (χ4n) is 1.98. The minimum atomic E-state index is -0.475. The number of aliphatic hydroxyl groups excluding tert-OH is 2. The van der Waals surface area contributed by atoms with E-state index >= 15 is 0 Å². The Hall–Kier alpha value is -1.47. The van der Waals surface area contributed by atoms with E-state index < -0.39 is 5.97 Å². The summed E-state index contributed by atoms with van der Waals surface area (Å²) in [6.45, 7) is 6.19. The summed E-state index contributed by atoms with van der Waals surface area (Å²) in [4.78, 5) is 30.8. The maximum atomic E-state index is 10.5. The number of ketones is 1. The van der Waals surface area contributed by atoms with Crippen LogP contribution in [0, 0.1) is 0 Å². The summed E-state index contributed by atoms with van der Waals surface area (Å²) >= 11 is 0. The van der Waals surface area contributed by atoms with Gasteiger partial charge in [0, 0.05) is 19.6 Å². The van der Waals surface area contributed by atoms with Crippen LogP contribution >= 0.6 is 0 Å². The molecule has 0 aliphatic carbocycles. The number of esters is 2. The number of carbonyl (C=O) groups excluding carboxylic acids is 3. The van der Waals surface area contributed by atoms with E-state index in [2.05, 4.69) is 16.4 Å². The molecule has 2 N–H and O–H groups in total. The lowest BCUT2D eigenvalue weighted by Gasteiger charge is -1.98. The molecule has 0 spiro atoms. The van der Waals surface area contributed by atoms with Crippen molar-refractivity contribution in [1.29, 1.82) is 0 Å². The predicted octanol–water partition coefficient (Wildman–Crippen LogP) is 3.58. The van der Waals surface area contributed by atoms with Crippen molar-refractivity contribution in [2.45, 2.75) is 91.4 Å². The average Bonchev–Trinajstić information content (AvgIpc) is 2.66. The number of unbranched alkanes of at least 4 members (excludes halogenated alkanes) is 7. The van der Waals surface area contributed by atoms with Crippen LogP contribution in [-0.4, -0.2) is 54.9 Å². The van der Waals surface area contributed by atoms with E-state index in [1.807, 2.05) is 0 Å². The second-order valence-corrected chi connectivity index (χ2v) is 6.29. The van der Waals surface area contributed by atoms with E-state index in [4.69, 9.17) is 10.2 Å². The number of hydrogen-bond donors (Lipinski definition) is 2. The number of aliphatic hydroxyl groups is 2. The summed E-state index contributed by atoms with van der Waals surface area (Å²) in [6.07, 6.45) is 11.1. The molecule has 0 aromatic rings. The third-order valence-electron chi connectivity index (χ3n) is 3.48. The monoisotopic (exact) mass is 406 g/mol. The average molecular weight is 407 g/mol. The van der Waals surface area contributed by atoms with Crippen molar-refractivity contribution in [2.24, 2.45) is 0 Å². The Balaban J connectivity index is -0.000000340. The highest BCUT2D eigenvalue weighted by Crippen LogP contribution is 2.07. The molecule has 0 amide bonds. The first-order chi connectivity index (χ1) is 13.4. The van der Waals surface area contributed by atoms with Gasteiger partial charge in [-0.15, -0.1) is 0 Å². The van der Waals surface area contributed by atoms with Gasteiger partial charge in [-0.1, -0.05) is 51.9 Å². The van der Waals surface area contributed by atoms with Crippen molar-refractivity contribution in [1.82, 2.24) is 0 Å². The van der Waals surface area contributed by atoms with Gasteiger partial charge < -0.3 is 19.7 Å². The van der Waals surface area contributed by atoms with Crippen LogP contribution in [0.4, 0.5) is 0 Å². The van der Waals surface area contributed by atoms with Crippen molar-refractivity contribution in [3.8, 4) is 0 Å². The molecular weight excluding hydrogens is 364 g/mol. The molecule has 168 valence electrons. The highest BCUT2D eigenvalue weighted by molar-refractivity contribution is 5.93. The van der Waals surface area contributed by atoms with Crippen LogP contribution in [0.1, 0.15) is 91.4 Å². The number of Topliss-reactive ketones (excluding diaryl/α,β-unsaturated/α-hetero) is 1. The smallest absolute Gasteiger partial charge is 0.313 e. The molecule has 0 aromatic heterocycles. The molecule has 0 bridgehead atoms. The Morgan fingerprint density at radius 1 is 0.750 bits per heavy atom. The van der Waals surface area contributed by atoms with E-state index in [-0.39, 0.29) is 24.8 Å². The second-order valence-electron chi connectivity index (χ2n) is 6.29. The summed E-state index contributed by atoms with van der Waals surface area (Å²) in [5.74, 6) is -0.874. The van der Waals surface area contributed by atoms with Gasteiger partial charge in [-0.05, 0) is 26.7 Å². The van der Waals surface area contributed by atoms with Gasteiger partial charge >= 0.3 is 11.9 Å². The molecular formula is C21H42O7. The zero-order valence-corrected chi connectivity index (χ0v) is 18.3. The number of carbonyl (C=O) groups is 3. The highest BCUT2D eigenvalue weighted by atomic mass is 16.5. The van der Waals surface area contributed by atoms with Crippen LogP contribution in [0.2, 0.25) is 0 Å². The van der Waals surface area contributed by atoms with Gasteiger partial charge in [-0.3, -0.25) is 14.4 Å². The standard InChI is InChI=1S/C10H22O.C6H12O3.C5H8O3/c1-2-3-4-5-6-7-8-9-10-11;1-2-9-6(8)4-3-5-7;1-4(6)3-5(7)8-2/h11H,2-10H2,1H3;7H,2-5H2,1H3;3H2,1-2H3. The molecule has 0 aliphatic rings. The molecule has 0 heterocycles. The van der Waals surface area contributed by atoms with E-state index in [1.165, 1.54) is 59.0 Å². The van der Waals surface area contributed by atoms with Gasteiger partial charge in [-0.25, -0.2) is 0 Å². The lowest BCUT2D eigenvalue weighted by molar-refractivity contribution is -0.144. The van der Waals surface area contributed by atoms with Gasteiger partial charge in [0.25, 0.3) is 0 Å². The molecule has 0 saturated heterocycles. The molecule has 0 rings (SSSR count). The lowest BCUT2D eigenvalue weighted by Crippen LogP contribution is -2.05. The molecule has 0 aliphatic heterocycles. The van der Waals surface area contributed by atoms with Crippen LogP contribution in [0.25, 0.3) is 0 Å². The predicted molar refractivity (Wildman–Crippen MR) is 110 cm³/mol. The van der Waals surface area contributed by atoms with Crippen molar-refractivity contribution in [3.05, 3.63) is 0 Å². The van der Waals surface area contributed by atoms with Crippen LogP contribution < -0.4 is 0 Å². The maximum absolute atomic E-state index is 10.5. The van der Waals surface area contributed by atoms with E-state index in [0.29, 0.717) is 26.1 Å². The fourth-order valence-corrected chi connectivity index (χ4v) is 1.98. The first-order valence-electron chi connectivity index (χ1n) is 10.3. The topological polar surface area (TPSA) is 110 Å². The second kappa shape index (κ2) is 27.7. The van der Waals surface area contributed by atoms with Gasteiger partial charge in [0.2, 0.25) is 0 Å². The zero-order chi connectivity index (χ0) is 22.0. The van der Waals surface area contributed by atoms with E-state index in [9.17, 15) is 14.4 Å². The van der Waals surface area contributed by atoms with Gasteiger partial charge in [0.1, 0.15) is 12.2 Å². The Morgan fingerprint density at radius 3 is 1.61 bits per heavy atom. The lowest BCUT2D eigenvalue weighted by atomic mass is 10.1. The minimum absolute atomic E-state index is 0.0544. The summed E-state index contributed by atoms with van der Waals surface area (Å²) < 4.78 is 8.80. The molecule has 0 saturated carbocycles. The molecule has 7 heteroatoms. The minimum Gasteiger partial charge on any atom is -0.469 e. The van der Waals surface area contributed by atoms with E-state index in [1.54, 1.807) is 6.92 Å². The first-order valence-corrected chi connectivity index (χ1v) is 10.3. The summed E-state index contributed by atoms with van der Waals surface area (Å²) in [5.41, 5.74) is 0. The summed E-state index contributed by atoms with van der Waals surface area (Å²) in [5, 5.41) is 16.8. The SMILES string of the molecule is CCCCCCCCCCO.CCOC(=O)CCCO.COC(=O)CC(C)=O. The number of hydrogen-bond acceptors (Lipinski definition) is 7. The zero-order valence-electron chi connectivity index (χ0n) is 18.3. The largest absolute Gasteiger partial charge is 0.469 e. The Kier molecular flexibility index (Phi) is 30.9. The number of rotatable bonds is 14. The third kappa shape index (κ3) is 35.6. The summed E-state index contributed by atoms with van der Waals surface area (Å²) in [6, 6.07) is 0.